The standard InChI is InChI=1S/C19H27N3O3/c23-17-12-16(19(25-17)6-2-1-3-7-19)18(24)22-9-4-15(5-10-22)13-21-11-8-20-14-21/h8,11,14-16H,1-7,9-10,12-13H2. The summed E-state index contributed by atoms with van der Waals surface area (Å²) in [5, 5.41) is 0. The van der Waals surface area contributed by atoms with Gasteiger partial charge in [-0.2, -0.15) is 0 Å². The molecule has 3 fully saturated rings. The van der Waals surface area contributed by atoms with Gasteiger partial charge in [-0.15, -0.1) is 0 Å². The van der Waals surface area contributed by atoms with Crippen LogP contribution in [0, 0.1) is 11.8 Å². The molecule has 25 heavy (non-hydrogen) atoms. The molecule has 0 radical (unpaired) electrons. The number of imidazole rings is 1. The Morgan fingerprint density at radius 3 is 2.68 bits per heavy atom. The lowest BCUT2D eigenvalue weighted by Crippen LogP contribution is -2.49. The zero-order valence-corrected chi connectivity index (χ0v) is 14.7. The highest BCUT2D eigenvalue weighted by Gasteiger charge is 2.53. The average molecular weight is 345 g/mol. The molecular formula is C19H27N3O3. The monoisotopic (exact) mass is 345 g/mol. The fourth-order valence-electron chi connectivity index (χ4n) is 4.85. The van der Waals surface area contributed by atoms with Crippen molar-refractivity contribution in [2.75, 3.05) is 13.1 Å². The Balaban J connectivity index is 1.37. The Bertz CT molecular complexity index is 614. The predicted molar refractivity (Wildman–Crippen MR) is 91.5 cm³/mol. The second-order valence-electron chi connectivity index (χ2n) is 7.88. The van der Waals surface area contributed by atoms with Gasteiger partial charge < -0.3 is 14.2 Å². The summed E-state index contributed by atoms with van der Waals surface area (Å²) in [5.74, 6) is 0.290. The lowest BCUT2D eigenvalue weighted by Gasteiger charge is -2.40. The molecule has 0 aromatic carbocycles. The van der Waals surface area contributed by atoms with Crippen LogP contribution >= 0.6 is 0 Å². The molecule has 1 aliphatic carbocycles. The number of carbonyl (C=O) groups is 2. The Kier molecular flexibility index (Phi) is 4.52. The number of rotatable bonds is 3. The van der Waals surface area contributed by atoms with Crippen molar-refractivity contribution in [3.8, 4) is 0 Å². The number of amides is 1. The summed E-state index contributed by atoms with van der Waals surface area (Å²) in [6.45, 7) is 2.55. The van der Waals surface area contributed by atoms with Crippen LogP contribution in [0.2, 0.25) is 0 Å². The largest absolute Gasteiger partial charge is 0.458 e. The molecule has 136 valence electrons. The number of likely N-dealkylation sites (tertiary alicyclic amines) is 1. The van der Waals surface area contributed by atoms with Crippen molar-refractivity contribution in [3.05, 3.63) is 18.7 Å². The minimum absolute atomic E-state index is 0.147. The first-order valence-corrected chi connectivity index (χ1v) is 9.63. The number of aromatic nitrogens is 2. The van der Waals surface area contributed by atoms with E-state index >= 15 is 0 Å². The van der Waals surface area contributed by atoms with Crippen LogP contribution in [0.15, 0.2) is 18.7 Å². The third kappa shape index (κ3) is 3.31. The molecule has 1 saturated carbocycles. The van der Waals surface area contributed by atoms with E-state index in [-0.39, 0.29) is 24.2 Å². The van der Waals surface area contributed by atoms with Crippen molar-refractivity contribution >= 4 is 11.9 Å². The van der Waals surface area contributed by atoms with E-state index in [2.05, 4.69) is 9.55 Å². The summed E-state index contributed by atoms with van der Waals surface area (Å²) in [6.07, 6.45) is 13.0. The Hall–Kier alpha value is -1.85. The molecule has 0 N–H and O–H groups in total. The van der Waals surface area contributed by atoms with E-state index in [4.69, 9.17) is 4.74 Å². The minimum atomic E-state index is -0.500. The first-order valence-electron chi connectivity index (χ1n) is 9.63. The lowest BCUT2D eigenvalue weighted by atomic mass is 9.75. The number of hydrogen-bond donors (Lipinski definition) is 0. The van der Waals surface area contributed by atoms with Crippen LogP contribution in [0.4, 0.5) is 0 Å². The van der Waals surface area contributed by atoms with Crippen LogP contribution in [0.3, 0.4) is 0 Å². The number of carbonyl (C=O) groups excluding carboxylic acids is 2. The number of piperidine rings is 1. The van der Waals surface area contributed by atoms with Crippen molar-refractivity contribution in [3.63, 3.8) is 0 Å². The molecule has 1 amide bonds. The molecule has 6 nitrogen and oxygen atoms in total. The molecule has 4 rings (SSSR count). The molecule has 3 heterocycles. The summed E-state index contributed by atoms with van der Waals surface area (Å²) in [6, 6.07) is 0. The van der Waals surface area contributed by atoms with Crippen LogP contribution < -0.4 is 0 Å². The van der Waals surface area contributed by atoms with E-state index < -0.39 is 5.60 Å². The smallest absolute Gasteiger partial charge is 0.307 e. The van der Waals surface area contributed by atoms with Crippen molar-refractivity contribution in [2.24, 2.45) is 11.8 Å². The third-order valence-electron chi connectivity index (χ3n) is 6.28. The number of nitrogens with zero attached hydrogens (tertiary/aromatic N) is 3. The fourth-order valence-corrected chi connectivity index (χ4v) is 4.85. The topological polar surface area (TPSA) is 64.4 Å². The van der Waals surface area contributed by atoms with E-state index in [1.54, 1.807) is 6.20 Å². The normalized spacial score (nSPS) is 26.8. The van der Waals surface area contributed by atoms with Gasteiger partial charge in [0.2, 0.25) is 5.91 Å². The highest BCUT2D eigenvalue weighted by molar-refractivity contribution is 5.88. The number of ether oxygens (including phenoxy) is 1. The van der Waals surface area contributed by atoms with E-state index in [0.717, 1.165) is 58.2 Å². The van der Waals surface area contributed by atoms with E-state index in [9.17, 15) is 9.59 Å². The zero-order valence-electron chi connectivity index (χ0n) is 14.7. The van der Waals surface area contributed by atoms with Crippen molar-refractivity contribution < 1.29 is 14.3 Å². The number of esters is 1. The fraction of sp³-hybridized carbons (Fsp3) is 0.737. The first-order chi connectivity index (χ1) is 12.2. The zero-order chi connectivity index (χ0) is 17.3. The molecule has 2 saturated heterocycles. The summed E-state index contributed by atoms with van der Waals surface area (Å²) >= 11 is 0. The van der Waals surface area contributed by atoms with Crippen LogP contribution in [-0.2, 0) is 20.9 Å². The van der Waals surface area contributed by atoms with Crippen molar-refractivity contribution in [1.29, 1.82) is 0 Å². The molecule has 1 aromatic heterocycles. The van der Waals surface area contributed by atoms with Gasteiger partial charge in [0, 0.05) is 32.0 Å². The van der Waals surface area contributed by atoms with Gasteiger partial charge in [-0.3, -0.25) is 9.59 Å². The highest BCUT2D eigenvalue weighted by Crippen LogP contribution is 2.45. The lowest BCUT2D eigenvalue weighted by molar-refractivity contribution is -0.156. The SMILES string of the molecule is O=C1CC(C(=O)N2CCC(Cn3ccnc3)CC2)C2(CCCCC2)O1. The Labute approximate surface area is 148 Å². The van der Waals surface area contributed by atoms with Crippen molar-refractivity contribution in [2.45, 2.75) is 63.5 Å². The summed E-state index contributed by atoms with van der Waals surface area (Å²) < 4.78 is 7.82. The predicted octanol–water partition coefficient (Wildman–Crippen LogP) is 2.39. The quantitative estimate of drug-likeness (QED) is 0.789. The maximum atomic E-state index is 13.1. The summed E-state index contributed by atoms with van der Waals surface area (Å²) in [4.78, 5) is 31.1. The van der Waals surface area contributed by atoms with Gasteiger partial charge in [-0.05, 0) is 44.4 Å². The number of hydrogen-bond acceptors (Lipinski definition) is 4. The van der Waals surface area contributed by atoms with Crippen LogP contribution in [0.5, 0.6) is 0 Å². The van der Waals surface area contributed by atoms with E-state index in [0.29, 0.717) is 5.92 Å². The molecule has 0 bridgehead atoms. The van der Waals surface area contributed by atoms with Gasteiger partial charge in [0.1, 0.15) is 5.60 Å². The molecule has 1 unspecified atom stereocenters. The summed E-state index contributed by atoms with van der Waals surface area (Å²) in [7, 11) is 0. The second kappa shape index (κ2) is 6.81. The highest BCUT2D eigenvalue weighted by atomic mass is 16.6. The van der Waals surface area contributed by atoms with Crippen LogP contribution in [0.25, 0.3) is 0 Å². The van der Waals surface area contributed by atoms with Gasteiger partial charge in [0.15, 0.2) is 0 Å². The molecule has 1 spiro atoms. The van der Waals surface area contributed by atoms with Crippen LogP contribution in [0.1, 0.15) is 51.4 Å². The molecule has 3 aliphatic rings. The van der Waals surface area contributed by atoms with Gasteiger partial charge >= 0.3 is 5.97 Å². The maximum Gasteiger partial charge on any atom is 0.307 e. The van der Waals surface area contributed by atoms with Crippen molar-refractivity contribution in [1.82, 2.24) is 14.5 Å². The molecule has 6 heteroatoms. The molecule has 1 atom stereocenters. The van der Waals surface area contributed by atoms with Gasteiger partial charge in [0.05, 0.1) is 18.7 Å². The Morgan fingerprint density at radius 1 is 1.24 bits per heavy atom. The van der Waals surface area contributed by atoms with E-state index in [1.807, 2.05) is 17.4 Å². The van der Waals surface area contributed by atoms with Gasteiger partial charge in [0.25, 0.3) is 0 Å². The summed E-state index contributed by atoms with van der Waals surface area (Å²) in [5.41, 5.74) is -0.500. The first kappa shape index (κ1) is 16.6. The van der Waals surface area contributed by atoms with Crippen LogP contribution in [-0.4, -0.2) is 45.0 Å². The molecular weight excluding hydrogens is 318 g/mol. The average Bonchev–Trinajstić information content (AvgIpc) is 3.24. The van der Waals surface area contributed by atoms with Gasteiger partial charge in [-0.25, -0.2) is 4.98 Å². The maximum absolute atomic E-state index is 13.1. The van der Waals surface area contributed by atoms with E-state index in [1.165, 1.54) is 6.42 Å². The third-order valence-corrected chi connectivity index (χ3v) is 6.28. The molecule has 1 aromatic rings. The van der Waals surface area contributed by atoms with Gasteiger partial charge in [-0.1, -0.05) is 6.42 Å². The second-order valence-corrected chi connectivity index (χ2v) is 7.88. The Morgan fingerprint density at radius 2 is 2.00 bits per heavy atom. The minimum Gasteiger partial charge on any atom is -0.458 e. The molecule has 2 aliphatic heterocycles.